The summed E-state index contributed by atoms with van der Waals surface area (Å²) in [6.07, 6.45) is 2.24. The Bertz CT molecular complexity index is 922. The highest BCUT2D eigenvalue weighted by Crippen LogP contribution is 2.35. The van der Waals surface area contributed by atoms with Gasteiger partial charge in [0.1, 0.15) is 12.3 Å². The van der Waals surface area contributed by atoms with E-state index >= 15 is 0 Å². The predicted octanol–water partition coefficient (Wildman–Crippen LogP) is 5.48. The molecule has 1 aliphatic heterocycles. The molecule has 28 heavy (non-hydrogen) atoms. The van der Waals surface area contributed by atoms with Crippen molar-refractivity contribution in [3.05, 3.63) is 66.8 Å². The highest BCUT2D eigenvalue weighted by Gasteiger charge is 2.32. The largest absolute Gasteiger partial charge is 0.486 e. The average Bonchev–Trinajstić information content (AvgIpc) is 2.90. The molecule has 1 N–H and O–H groups in total. The lowest BCUT2D eigenvalue weighted by Gasteiger charge is -2.11. The molecule has 1 saturated heterocycles. The van der Waals surface area contributed by atoms with Gasteiger partial charge in [0.05, 0.1) is 10.0 Å². The van der Waals surface area contributed by atoms with Crippen molar-refractivity contribution in [2.45, 2.75) is 20.0 Å². The van der Waals surface area contributed by atoms with Crippen LogP contribution in [-0.4, -0.2) is 23.4 Å². The van der Waals surface area contributed by atoms with E-state index < -0.39 is 6.03 Å². The summed E-state index contributed by atoms with van der Waals surface area (Å²) >= 11 is 14.9. The Morgan fingerprint density at radius 1 is 1.14 bits per heavy atom. The molecule has 0 saturated carbocycles. The van der Waals surface area contributed by atoms with Crippen LogP contribution in [0.2, 0.25) is 10.0 Å². The van der Waals surface area contributed by atoms with E-state index in [4.69, 9.17) is 27.9 Å². The van der Waals surface area contributed by atoms with E-state index in [1.165, 1.54) is 4.90 Å². The van der Waals surface area contributed by atoms with Gasteiger partial charge in [-0.15, -0.1) is 0 Å². The molecule has 1 fully saturated rings. The monoisotopic (exact) mass is 530 g/mol. The topological polar surface area (TPSA) is 58.6 Å². The molecule has 3 amide bonds. The number of nitrogens with one attached hydrogen (secondary N) is 1. The molecule has 0 spiro atoms. The number of imide groups is 1. The Morgan fingerprint density at radius 2 is 1.79 bits per heavy atom. The van der Waals surface area contributed by atoms with E-state index in [-0.39, 0.29) is 11.6 Å². The van der Waals surface area contributed by atoms with Crippen molar-refractivity contribution >= 4 is 63.8 Å². The normalized spacial score (nSPS) is 15.3. The fourth-order valence-corrected chi connectivity index (χ4v) is 3.67. The van der Waals surface area contributed by atoms with Crippen LogP contribution in [0.25, 0.3) is 6.08 Å². The van der Waals surface area contributed by atoms with E-state index in [1.54, 1.807) is 18.2 Å². The summed E-state index contributed by atoms with van der Waals surface area (Å²) < 4.78 is 6.91. The molecule has 0 bridgehead atoms. The fraction of sp³-hybridized carbons (Fsp3) is 0.200. The molecular weight excluding hydrogens is 514 g/mol. The van der Waals surface area contributed by atoms with Crippen molar-refractivity contribution < 1.29 is 14.3 Å². The molecule has 1 aliphatic rings. The van der Waals surface area contributed by atoms with Crippen molar-refractivity contribution in [3.8, 4) is 5.75 Å². The number of benzene rings is 2. The number of hydrogen-bond acceptors (Lipinski definition) is 3. The van der Waals surface area contributed by atoms with E-state index in [0.717, 1.165) is 9.13 Å². The van der Waals surface area contributed by atoms with Gasteiger partial charge in [-0.2, -0.15) is 0 Å². The van der Waals surface area contributed by atoms with Crippen LogP contribution in [0.4, 0.5) is 4.79 Å². The number of carbonyl (C=O) groups is 2. The average molecular weight is 531 g/mol. The van der Waals surface area contributed by atoms with E-state index in [1.807, 2.05) is 31.2 Å². The minimum Gasteiger partial charge on any atom is -0.486 e. The molecule has 0 radical (unpaired) electrons. The van der Waals surface area contributed by atoms with Gasteiger partial charge >= 0.3 is 6.03 Å². The molecule has 0 unspecified atom stereocenters. The minimum absolute atomic E-state index is 0.193. The fourth-order valence-electron chi connectivity index (χ4n) is 2.70. The van der Waals surface area contributed by atoms with Gasteiger partial charge in [0, 0.05) is 10.1 Å². The van der Waals surface area contributed by atoms with E-state index in [0.29, 0.717) is 40.9 Å². The summed E-state index contributed by atoms with van der Waals surface area (Å²) in [6, 6.07) is 10.8. The molecule has 2 aromatic rings. The lowest BCUT2D eigenvalue weighted by molar-refractivity contribution is -0.122. The molecule has 8 heteroatoms. The molecule has 1 heterocycles. The van der Waals surface area contributed by atoms with E-state index in [9.17, 15) is 9.59 Å². The van der Waals surface area contributed by atoms with Gasteiger partial charge in [-0.05, 0) is 70.5 Å². The van der Waals surface area contributed by atoms with Gasteiger partial charge in [0.25, 0.3) is 5.91 Å². The summed E-state index contributed by atoms with van der Waals surface area (Å²) in [7, 11) is 0. The van der Waals surface area contributed by atoms with Crippen LogP contribution < -0.4 is 10.1 Å². The number of nitrogens with zero attached hydrogens (tertiary/aromatic N) is 1. The van der Waals surface area contributed by atoms with E-state index in [2.05, 4.69) is 27.9 Å². The molecule has 5 nitrogen and oxygen atoms in total. The van der Waals surface area contributed by atoms with Crippen LogP contribution in [0.5, 0.6) is 5.75 Å². The molecule has 0 atom stereocenters. The van der Waals surface area contributed by atoms with Crippen molar-refractivity contribution in [1.29, 1.82) is 0 Å². The van der Waals surface area contributed by atoms with Gasteiger partial charge in [-0.1, -0.05) is 42.3 Å². The van der Waals surface area contributed by atoms with Crippen LogP contribution in [0.1, 0.15) is 24.5 Å². The number of halogens is 3. The maximum absolute atomic E-state index is 12.3. The van der Waals surface area contributed by atoms with Crippen molar-refractivity contribution in [3.63, 3.8) is 0 Å². The maximum Gasteiger partial charge on any atom is 0.329 e. The first-order chi connectivity index (χ1) is 13.4. The summed E-state index contributed by atoms with van der Waals surface area (Å²) in [5.74, 6) is 0.0107. The van der Waals surface area contributed by atoms with Gasteiger partial charge in [-0.25, -0.2) is 4.79 Å². The first-order valence-electron chi connectivity index (χ1n) is 8.60. The summed E-state index contributed by atoms with van der Waals surface area (Å²) in [4.78, 5) is 25.4. The number of carbonyl (C=O) groups excluding carboxylic acids is 2. The van der Waals surface area contributed by atoms with Gasteiger partial charge in [0.2, 0.25) is 0 Å². The second kappa shape index (κ2) is 9.15. The zero-order valence-electron chi connectivity index (χ0n) is 15.0. The summed E-state index contributed by atoms with van der Waals surface area (Å²) in [5.41, 5.74) is 1.78. The van der Waals surface area contributed by atoms with Gasteiger partial charge in [-0.3, -0.25) is 9.69 Å². The lowest BCUT2D eigenvalue weighted by Crippen LogP contribution is -2.31. The minimum atomic E-state index is -0.423. The predicted molar refractivity (Wildman–Crippen MR) is 118 cm³/mol. The third kappa shape index (κ3) is 4.79. The molecule has 3 rings (SSSR count). The van der Waals surface area contributed by atoms with Crippen molar-refractivity contribution in [2.24, 2.45) is 0 Å². The standard InChI is InChI=1S/C20H17Cl2IN2O3/c1-2-7-25-19(26)17(24-20(25)27)10-13-8-15(21)18(16(22)9-13)28-11-12-3-5-14(23)6-4-12/h3-6,8-10H,2,7,11H2,1H3,(H,24,27)/b17-10+. The molecule has 0 aromatic heterocycles. The first-order valence-corrected chi connectivity index (χ1v) is 10.4. The smallest absolute Gasteiger partial charge is 0.329 e. The van der Waals surface area contributed by atoms with Crippen molar-refractivity contribution in [1.82, 2.24) is 10.2 Å². The SMILES string of the molecule is CCCN1C(=O)N/C(=C/c2cc(Cl)c(OCc3ccc(I)cc3)c(Cl)c2)C1=O. The van der Waals surface area contributed by atoms with Gasteiger partial charge in [0.15, 0.2) is 5.75 Å². The second-order valence-corrected chi connectivity index (χ2v) is 8.23. The lowest BCUT2D eigenvalue weighted by atomic mass is 10.1. The Hall–Kier alpha value is -1.77. The van der Waals surface area contributed by atoms with Crippen LogP contribution in [0, 0.1) is 3.57 Å². The van der Waals surface area contributed by atoms with Crippen LogP contribution >= 0.6 is 45.8 Å². The Morgan fingerprint density at radius 3 is 2.39 bits per heavy atom. The van der Waals surface area contributed by atoms with Crippen LogP contribution in [-0.2, 0) is 11.4 Å². The van der Waals surface area contributed by atoms with Crippen molar-refractivity contribution in [2.75, 3.05) is 6.54 Å². The van der Waals surface area contributed by atoms with Gasteiger partial charge < -0.3 is 10.1 Å². The highest BCUT2D eigenvalue weighted by atomic mass is 127. The number of urea groups is 1. The summed E-state index contributed by atoms with van der Waals surface area (Å²) in [5, 5.41) is 3.22. The Labute approximate surface area is 186 Å². The molecular formula is C20H17Cl2IN2O3. The number of amides is 3. The number of rotatable bonds is 6. The third-order valence-corrected chi connectivity index (χ3v) is 5.32. The number of ether oxygens (including phenoxy) is 1. The highest BCUT2D eigenvalue weighted by molar-refractivity contribution is 14.1. The second-order valence-electron chi connectivity index (χ2n) is 6.17. The maximum atomic E-state index is 12.3. The van der Waals surface area contributed by atoms with Crippen LogP contribution in [0.15, 0.2) is 42.1 Å². The summed E-state index contributed by atoms with van der Waals surface area (Å²) in [6.45, 7) is 2.60. The van der Waals surface area contributed by atoms with Crippen LogP contribution in [0.3, 0.4) is 0 Å². The Balaban J connectivity index is 1.77. The first kappa shape index (κ1) is 21.0. The molecule has 2 aromatic carbocycles. The third-order valence-electron chi connectivity index (χ3n) is 4.04. The zero-order chi connectivity index (χ0) is 20.3. The molecule has 0 aliphatic carbocycles. The zero-order valence-corrected chi connectivity index (χ0v) is 18.6. The number of hydrogen-bond donors (Lipinski definition) is 1. The quantitative estimate of drug-likeness (QED) is 0.305. The molecule has 146 valence electrons. The Kier molecular flexibility index (Phi) is 6.85.